The van der Waals surface area contributed by atoms with Gasteiger partial charge in [0, 0.05) is 18.8 Å². The average Bonchev–Trinajstić information content (AvgIpc) is 2.47. The van der Waals surface area contributed by atoms with E-state index in [2.05, 4.69) is 54.3 Å². The largest absolute Gasteiger partial charge is 0.367 e. The van der Waals surface area contributed by atoms with Crippen molar-refractivity contribution >= 4 is 5.69 Å². The normalized spacial score (nSPS) is 14.2. The maximum atomic E-state index is 5.77. The molecule has 20 heavy (non-hydrogen) atoms. The second kappa shape index (κ2) is 5.68. The van der Waals surface area contributed by atoms with Crippen molar-refractivity contribution in [3.63, 3.8) is 0 Å². The second-order valence-corrected chi connectivity index (χ2v) is 5.61. The molecule has 0 aliphatic carbocycles. The molecule has 0 aromatic heterocycles. The molecule has 0 fully saturated rings. The van der Waals surface area contributed by atoms with Gasteiger partial charge in [-0.2, -0.15) is 0 Å². The Morgan fingerprint density at radius 2 is 1.90 bits per heavy atom. The van der Waals surface area contributed by atoms with Gasteiger partial charge in [0.2, 0.25) is 0 Å². The molecule has 0 amide bonds. The molecule has 104 valence electrons. The molecule has 1 aliphatic rings. The Balaban J connectivity index is 1.91. The van der Waals surface area contributed by atoms with E-state index < -0.39 is 0 Å². The summed E-state index contributed by atoms with van der Waals surface area (Å²) in [5, 5.41) is 0. The molecule has 3 rings (SSSR count). The number of rotatable bonds is 3. The quantitative estimate of drug-likeness (QED) is 0.925. The zero-order chi connectivity index (χ0) is 13.9. The van der Waals surface area contributed by atoms with Crippen LogP contribution in [0, 0.1) is 6.92 Å². The van der Waals surface area contributed by atoms with Gasteiger partial charge in [0.15, 0.2) is 0 Å². The maximum absolute atomic E-state index is 5.77. The molecule has 0 atom stereocenters. The minimum Gasteiger partial charge on any atom is -0.367 e. The minimum atomic E-state index is 0.709. The lowest BCUT2D eigenvalue weighted by Gasteiger charge is -2.32. The number of aryl methyl sites for hydroxylation is 1. The lowest BCUT2D eigenvalue weighted by atomic mass is 9.97. The predicted molar refractivity (Wildman–Crippen MR) is 85.1 cm³/mol. The van der Waals surface area contributed by atoms with Crippen molar-refractivity contribution in [3.05, 3.63) is 64.7 Å². The second-order valence-electron chi connectivity index (χ2n) is 5.61. The molecule has 2 N–H and O–H groups in total. The lowest BCUT2D eigenvalue weighted by molar-refractivity contribution is 0.726. The summed E-state index contributed by atoms with van der Waals surface area (Å²) in [5.41, 5.74) is 12.8. The van der Waals surface area contributed by atoms with E-state index >= 15 is 0 Å². The molecule has 1 aliphatic heterocycles. The van der Waals surface area contributed by atoms with E-state index in [4.69, 9.17) is 5.73 Å². The van der Waals surface area contributed by atoms with Crippen LogP contribution in [-0.4, -0.2) is 13.1 Å². The van der Waals surface area contributed by atoms with Crippen LogP contribution in [0.5, 0.6) is 0 Å². The van der Waals surface area contributed by atoms with Crippen LogP contribution in [0.2, 0.25) is 0 Å². The van der Waals surface area contributed by atoms with Crippen LogP contribution >= 0.6 is 0 Å². The van der Waals surface area contributed by atoms with E-state index in [1.54, 1.807) is 0 Å². The maximum Gasteiger partial charge on any atom is 0.0432 e. The number of hydrogen-bond donors (Lipinski definition) is 1. The molecule has 0 spiro atoms. The summed E-state index contributed by atoms with van der Waals surface area (Å²) in [4.78, 5) is 2.49. The van der Waals surface area contributed by atoms with Gasteiger partial charge < -0.3 is 10.6 Å². The summed E-state index contributed by atoms with van der Waals surface area (Å²) in [6.45, 7) is 4.96. The first kappa shape index (κ1) is 13.2. The van der Waals surface area contributed by atoms with Crippen LogP contribution < -0.4 is 10.6 Å². The number of hydrogen-bond acceptors (Lipinski definition) is 2. The van der Waals surface area contributed by atoms with Gasteiger partial charge >= 0.3 is 0 Å². The summed E-state index contributed by atoms with van der Waals surface area (Å²) in [5.74, 6) is 0. The van der Waals surface area contributed by atoms with Crippen molar-refractivity contribution in [2.45, 2.75) is 26.3 Å². The van der Waals surface area contributed by atoms with Crippen molar-refractivity contribution in [2.24, 2.45) is 5.73 Å². The van der Waals surface area contributed by atoms with Crippen LogP contribution in [0.15, 0.2) is 42.5 Å². The highest BCUT2D eigenvalue weighted by molar-refractivity contribution is 5.57. The molecule has 0 unspecified atom stereocenters. The first-order valence-electron chi connectivity index (χ1n) is 7.39. The van der Waals surface area contributed by atoms with Crippen molar-refractivity contribution in [1.82, 2.24) is 0 Å². The number of anilines is 1. The van der Waals surface area contributed by atoms with Gasteiger partial charge in [-0.3, -0.25) is 0 Å². The van der Waals surface area contributed by atoms with Crippen molar-refractivity contribution in [2.75, 3.05) is 18.0 Å². The Bertz CT molecular complexity index is 604. The van der Waals surface area contributed by atoms with E-state index in [9.17, 15) is 0 Å². The third-order valence-corrected chi connectivity index (χ3v) is 4.12. The summed E-state index contributed by atoms with van der Waals surface area (Å²) in [6.07, 6.45) is 2.08. The first-order valence-corrected chi connectivity index (χ1v) is 7.39. The van der Waals surface area contributed by atoms with Crippen molar-refractivity contribution in [1.29, 1.82) is 0 Å². The van der Waals surface area contributed by atoms with Crippen LogP contribution in [0.4, 0.5) is 5.69 Å². The standard InChI is InChI=1S/C18H22N2/c1-14-6-7-18(16(12-14)8-10-19)20-11-9-15-4-2-3-5-17(15)13-20/h2-7,12H,8-11,13,19H2,1H3. The topological polar surface area (TPSA) is 29.3 Å². The molecule has 2 nitrogen and oxygen atoms in total. The van der Waals surface area contributed by atoms with E-state index in [1.807, 2.05) is 0 Å². The third-order valence-electron chi connectivity index (χ3n) is 4.12. The van der Waals surface area contributed by atoms with E-state index in [0.29, 0.717) is 6.54 Å². The minimum absolute atomic E-state index is 0.709. The number of nitrogens with zero attached hydrogens (tertiary/aromatic N) is 1. The predicted octanol–water partition coefficient (Wildman–Crippen LogP) is 3.06. The van der Waals surface area contributed by atoms with Gasteiger partial charge in [0.05, 0.1) is 0 Å². The number of fused-ring (bicyclic) bond motifs is 1. The molecular formula is C18H22N2. The average molecular weight is 266 g/mol. The molecule has 2 aromatic carbocycles. The number of nitrogens with two attached hydrogens (primary N) is 1. The molecular weight excluding hydrogens is 244 g/mol. The fourth-order valence-electron chi connectivity index (χ4n) is 3.08. The lowest BCUT2D eigenvalue weighted by Crippen LogP contribution is -2.31. The van der Waals surface area contributed by atoms with Crippen LogP contribution in [0.1, 0.15) is 22.3 Å². The summed E-state index contributed by atoms with van der Waals surface area (Å²) in [7, 11) is 0. The molecule has 0 radical (unpaired) electrons. The SMILES string of the molecule is Cc1ccc(N2CCc3ccccc3C2)c(CCN)c1. The Morgan fingerprint density at radius 1 is 1.10 bits per heavy atom. The van der Waals surface area contributed by atoms with Gasteiger partial charge in [-0.05, 0) is 49.1 Å². The molecule has 0 saturated heterocycles. The molecule has 0 bridgehead atoms. The Kier molecular flexibility index (Phi) is 3.75. The Labute approximate surface area is 121 Å². The zero-order valence-electron chi connectivity index (χ0n) is 12.1. The Hall–Kier alpha value is -1.80. The van der Waals surface area contributed by atoms with E-state index in [1.165, 1.54) is 27.9 Å². The number of benzene rings is 2. The third kappa shape index (κ3) is 2.56. The van der Waals surface area contributed by atoms with E-state index in [0.717, 1.165) is 25.9 Å². The van der Waals surface area contributed by atoms with Crippen molar-refractivity contribution < 1.29 is 0 Å². The molecule has 0 saturated carbocycles. The highest BCUT2D eigenvalue weighted by Gasteiger charge is 2.18. The van der Waals surface area contributed by atoms with E-state index in [-0.39, 0.29) is 0 Å². The summed E-state index contributed by atoms with van der Waals surface area (Å²) < 4.78 is 0. The van der Waals surface area contributed by atoms with Gasteiger partial charge in [-0.1, -0.05) is 42.0 Å². The van der Waals surface area contributed by atoms with Crippen LogP contribution in [0.25, 0.3) is 0 Å². The van der Waals surface area contributed by atoms with Crippen LogP contribution in [-0.2, 0) is 19.4 Å². The summed E-state index contributed by atoms with van der Waals surface area (Å²) >= 11 is 0. The smallest absolute Gasteiger partial charge is 0.0432 e. The van der Waals surface area contributed by atoms with Gasteiger partial charge in [0.1, 0.15) is 0 Å². The highest BCUT2D eigenvalue weighted by Crippen LogP contribution is 2.28. The monoisotopic (exact) mass is 266 g/mol. The van der Waals surface area contributed by atoms with Gasteiger partial charge in [-0.15, -0.1) is 0 Å². The fourth-order valence-corrected chi connectivity index (χ4v) is 3.08. The molecule has 1 heterocycles. The zero-order valence-corrected chi connectivity index (χ0v) is 12.1. The first-order chi connectivity index (χ1) is 9.78. The van der Waals surface area contributed by atoms with Crippen molar-refractivity contribution in [3.8, 4) is 0 Å². The highest BCUT2D eigenvalue weighted by atomic mass is 15.1. The van der Waals surface area contributed by atoms with Crippen LogP contribution in [0.3, 0.4) is 0 Å². The van der Waals surface area contributed by atoms with Gasteiger partial charge in [-0.25, -0.2) is 0 Å². The summed E-state index contributed by atoms with van der Waals surface area (Å²) in [6, 6.07) is 15.5. The fraction of sp³-hybridized carbons (Fsp3) is 0.333. The van der Waals surface area contributed by atoms with Gasteiger partial charge in [0.25, 0.3) is 0 Å². The molecule has 2 aromatic rings. The Morgan fingerprint density at radius 3 is 2.70 bits per heavy atom. The molecule has 2 heteroatoms.